The number of carboxylic acids is 1. The Kier molecular flexibility index (Phi) is 7.24. The SMILES string of the molecule is COC(=O)C(CCc1cc(C)c(OC)cc1Br)(Cc1ccc(C)cc1)C(=O)O. The molecular weight excluding hydrogens is 424 g/mol. The maximum atomic E-state index is 12.6. The summed E-state index contributed by atoms with van der Waals surface area (Å²) in [5, 5.41) is 9.99. The Bertz CT molecular complexity index is 860. The number of aliphatic carboxylic acids is 1. The van der Waals surface area contributed by atoms with Crippen molar-refractivity contribution >= 4 is 27.9 Å². The molecule has 0 spiro atoms. The Labute approximate surface area is 173 Å². The maximum Gasteiger partial charge on any atom is 0.323 e. The smallest absolute Gasteiger partial charge is 0.323 e. The number of benzene rings is 2. The first-order chi connectivity index (χ1) is 13.2. The van der Waals surface area contributed by atoms with Gasteiger partial charge in [0.25, 0.3) is 0 Å². The third-order valence-electron chi connectivity index (χ3n) is 5.00. The lowest BCUT2D eigenvalue weighted by Crippen LogP contribution is -2.42. The summed E-state index contributed by atoms with van der Waals surface area (Å²) in [6.07, 6.45) is 0.591. The fraction of sp³-hybridized carbons (Fsp3) is 0.364. The number of rotatable bonds is 8. The Morgan fingerprint density at radius 1 is 1.11 bits per heavy atom. The van der Waals surface area contributed by atoms with Gasteiger partial charge in [0.1, 0.15) is 5.75 Å². The van der Waals surface area contributed by atoms with Gasteiger partial charge in [0.2, 0.25) is 0 Å². The molecule has 1 N–H and O–H groups in total. The maximum absolute atomic E-state index is 12.6. The molecule has 150 valence electrons. The molecule has 0 saturated heterocycles. The van der Waals surface area contributed by atoms with Crippen LogP contribution in [0.1, 0.15) is 28.7 Å². The molecule has 0 heterocycles. The number of hydrogen-bond donors (Lipinski definition) is 1. The zero-order chi connectivity index (χ0) is 20.9. The van der Waals surface area contributed by atoms with Gasteiger partial charge in [-0.25, -0.2) is 0 Å². The summed E-state index contributed by atoms with van der Waals surface area (Å²) in [5.41, 5.74) is 2.05. The first-order valence-electron chi connectivity index (χ1n) is 8.94. The molecule has 0 radical (unpaired) electrons. The van der Waals surface area contributed by atoms with Gasteiger partial charge < -0.3 is 14.6 Å². The van der Waals surface area contributed by atoms with Crippen LogP contribution in [0.2, 0.25) is 0 Å². The van der Waals surface area contributed by atoms with E-state index in [9.17, 15) is 14.7 Å². The van der Waals surface area contributed by atoms with Crippen molar-refractivity contribution in [3.05, 3.63) is 63.1 Å². The number of halogens is 1. The molecule has 2 aromatic carbocycles. The van der Waals surface area contributed by atoms with Crippen LogP contribution in [-0.2, 0) is 27.2 Å². The molecule has 0 aromatic heterocycles. The summed E-state index contributed by atoms with van der Waals surface area (Å²) in [6.45, 7) is 3.88. The minimum absolute atomic E-state index is 0.0715. The van der Waals surface area contributed by atoms with Crippen LogP contribution in [-0.4, -0.2) is 31.3 Å². The molecule has 2 aromatic rings. The first-order valence-corrected chi connectivity index (χ1v) is 9.73. The number of carbonyl (C=O) groups is 2. The predicted molar refractivity (Wildman–Crippen MR) is 111 cm³/mol. The van der Waals surface area contributed by atoms with Gasteiger partial charge in [-0.3, -0.25) is 9.59 Å². The number of carbonyl (C=O) groups excluding carboxylic acids is 1. The topological polar surface area (TPSA) is 72.8 Å². The summed E-state index contributed by atoms with van der Waals surface area (Å²) in [5.74, 6) is -1.17. The van der Waals surface area contributed by atoms with E-state index >= 15 is 0 Å². The molecule has 0 bridgehead atoms. The van der Waals surface area contributed by atoms with Gasteiger partial charge in [0.05, 0.1) is 14.2 Å². The molecule has 6 heteroatoms. The summed E-state index contributed by atoms with van der Waals surface area (Å²) < 4.78 is 11.0. The molecule has 0 amide bonds. The van der Waals surface area contributed by atoms with Gasteiger partial charge in [-0.1, -0.05) is 51.8 Å². The van der Waals surface area contributed by atoms with Crippen molar-refractivity contribution in [2.45, 2.75) is 33.1 Å². The largest absolute Gasteiger partial charge is 0.496 e. The Morgan fingerprint density at radius 2 is 1.75 bits per heavy atom. The van der Waals surface area contributed by atoms with Crippen molar-refractivity contribution in [2.75, 3.05) is 14.2 Å². The summed E-state index contributed by atoms with van der Waals surface area (Å²) in [6, 6.07) is 11.3. The van der Waals surface area contributed by atoms with Crippen LogP contribution in [0.5, 0.6) is 5.75 Å². The van der Waals surface area contributed by atoms with E-state index in [-0.39, 0.29) is 12.8 Å². The second-order valence-corrected chi connectivity index (χ2v) is 7.81. The van der Waals surface area contributed by atoms with E-state index in [0.29, 0.717) is 6.42 Å². The van der Waals surface area contributed by atoms with E-state index in [0.717, 1.165) is 32.5 Å². The number of hydrogen-bond acceptors (Lipinski definition) is 4. The molecule has 2 rings (SSSR count). The third-order valence-corrected chi connectivity index (χ3v) is 5.74. The highest BCUT2D eigenvalue weighted by Gasteiger charge is 2.47. The molecule has 0 aliphatic carbocycles. The van der Waals surface area contributed by atoms with Crippen LogP contribution in [0.4, 0.5) is 0 Å². The van der Waals surface area contributed by atoms with Crippen LogP contribution >= 0.6 is 15.9 Å². The van der Waals surface area contributed by atoms with Crippen LogP contribution < -0.4 is 4.74 Å². The van der Waals surface area contributed by atoms with E-state index < -0.39 is 17.4 Å². The first kappa shape index (κ1) is 22.0. The van der Waals surface area contributed by atoms with E-state index in [4.69, 9.17) is 9.47 Å². The minimum atomic E-state index is -1.66. The monoisotopic (exact) mass is 448 g/mol. The van der Waals surface area contributed by atoms with Gasteiger partial charge >= 0.3 is 11.9 Å². The summed E-state index contributed by atoms with van der Waals surface area (Å²) in [7, 11) is 2.82. The number of esters is 1. The zero-order valence-corrected chi connectivity index (χ0v) is 18.1. The van der Waals surface area contributed by atoms with Gasteiger partial charge in [-0.15, -0.1) is 0 Å². The van der Waals surface area contributed by atoms with Gasteiger partial charge in [0, 0.05) is 4.47 Å². The van der Waals surface area contributed by atoms with Crippen LogP contribution in [0.3, 0.4) is 0 Å². The molecule has 1 unspecified atom stereocenters. The lowest BCUT2D eigenvalue weighted by atomic mass is 9.76. The van der Waals surface area contributed by atoms with Crippen molar-refractivity contribution in [1.29, 1.82) is 0 Å². The van der Waals surface area contributed by atoms with E-state index in [2.05, 4.69) is 15.9 Å². The van der Waals surface area contributed by atoms with Gasteiger partial charge in [-0.05, 0) is 55.9 Å². The fourth-order valence-corrected chi connectivity index (χ4v) is 3.79. The lowest BCUT2D eigenvalue weighted by Gasteiger charge is -2.27. The molecule has 5 nitrogen and oxygen atoms in total. The van der Waals surface area contributed by atoms with Crippen molar-refractivity contribution in [1.82, 2.24) is 0 Å². The van der Waals surface area contributed by atoms with Crippen molar-refractivity contribution in [3.8, 4) is 5.75 Å². The fourth-order valence-electron chi connectivity index (χ4n) is 3.26. The van der Waals surface area contributed by atoms with Crippen LogP contribution in [0, 0.1) is 19.3 Å². The average Bonchev–Trinajstić information content (AvgIpc) is 2.67. The highest BCUT2D eigenvalue weighted by atomic mass is 79.9. The van der Waals surface area contributed by atoms with Crippen molar-refractivity contribution in [2.24, 2.45) is 5.41 Å². The van der Waals surface area contributed by atoms with Crippen molar-refractivity contribution in [3.63, 3.8) is 0 Å². The van der Waals surface area contributed by atoms with Crippen LogP contribution in [0.25, 0.3) is 0 Å². The number of methoxy groups -OCH3 is 2. The van der Waals surface area contributed by atoms with Gasteiger partial charge in [0.15, 0.2) is 5.41 Å². The quantitative estimate of drug-likeness (QED) is 0.475. The minimum Gasteiger partial charge on any atom is -0.496 e. The predicted octanol–water partition coefficient (Wildman–Crippen LogP) is 4.49. The molecule has 28 heavy (non-hydrogen) atoms. The Hall–Kier alpha value is -2.34. The van der Waals surface area contributed by atoms with Crippen molar-refractivity contribution < 1.29 is 24.2 Å². The van der Waals surface area contributed by atoms with Gasteiger partial charge in [-0.2, -0.15) is 0 Å². The van der Waals surface area contributed by atoms with E-state index in [1.165, 1.54) is 7.11 Å². The summed E-state index contributed by atoms with van der Waals surface area (Å²) in [4.78, 5) is 24.8. The average molecular weight is 449 g/mol. The van der Waals surface area contributed by atoms with Crippen LogP contribution in [0.15, 0.2) is 40.9 Å². The molecular formula is C22H25BrO5. The van der Waals surface area contributed by atoms with E-state index in [1.54, 1.807) is 7.11 Å². The number of carboxylic acid groups (broad SMARTS) is 1. The molecule has 1 atom stereocenters. The normalized spacial score (nSPS) is 12.9. The molecule has 0 aliphatic rings. The number of aryl methyl sites for hydroxylation is 3. The lowest BCUT2D eigenvalue weighted by molar-refractivity contribution is -0.167. The van der Waals surface area contributed by atoms with E-state index in [1.807, 2.05) is 50.2 Å². The zero-order valence-electron chi connectivity index (χ0n) is 16.5. The Morgan fingerprint density at radius 3 is 2.29 bits per heavy atom. The molecule has 0 fully saturated rings. The number of ether oxygens (including phenoxy) is 2. The standard InChI is InChI=1S/C22H25BrO5/c1-14-5-7-16(8-6-14)13-22(20(24)25,21(26)28-4)10-9-17-11-15(2)19(27-3)12-18(17)23/h5-8,11-12H,9-10,13H2,1-4H3,(H,24,25). The molecule has 0 saturated carbocycles. The summed E-state index contributed by atoms with van der Waals surface area (Å²) >= 11 is 3.51. The highest BCUT2D eigenvalue weighted by molar-refractivity contribution is 9.10. The third kappa shape index (κ3) is 4.73. The second-order valence-electron chi connectivity index (χ2n) is 6.95. The second kappa shape index (κ2) is 9.24. The molecule has 0 aliphatic heterocycles. The highest BCUT2D eigenvalue weighted by Crippen LogP contribution is 2.34. The Balaban J connectivity index is 2.37.